The van der Waals surface area contributed by atoms with Gasteiger partial charge in [0.1, 0.15) is 11.5 Å². The second kappa shape index (κ2) is 11.8. The molecule has 0 radical (unpaired) electrons. The van der Waals surface area contributed by atoms with E-state index in [1.165, 1.54) is 41.9 Å². The standard InChI is InChI=1S/C32H40NO5P/c1-21-15-26(17-31(33-21)24-11-12-24)29-14-13-27(37-2)18-30(29)23-9-7-22(8-10-23)19-38-28-6-4-5-25(16-28)32(34)20-39(3,35)36/h4-6,13-18,22-24,32,34H,7-12,19-20H2,1-3H3,(H,35,36)/t22?,23?,32-/m1/s1. The molecule has 3 aromatic rings. The molecule has 2 atom stereocenters. The molecule has 2 N–H and O–H groups in total. The van der Waals surface area contributed by atoms with E-state index < -0.39 is 13.5 Å². The molecule has 0 bridgehead atoms. The Morgan fingerprint density at radius 1 is 0.974 bits per heavy atom. The van der Waals surface area contributed by atoms with Gasteiger partial charge in [-0.1, -0.05) is 18.2 Å². The van der Waals surface area contributed by atoms with Crippen molar-refractivity contribution in [2.24, 2.45) is 5.92 Å². The highest BCUT2D eigenvalue weighted by atomic mass is 31.2. The van der Waals surface area contributed by atoms with E-state index in [-0.39, 0.29) is 6.16 Å². The molecule has 2 aliphatic rings. The number of aromatic nitrogens is 1. The second-order valence-corrected chi connectivity index (χ2v) is 14.0. The first-order valence-electron chi connectivity index (χ1n) is 14.1. The lowest BCUT2D eigenvalue weighted by Crippen LogP contribution is -2.19. The molecule has 0 saturated heterocycles. The lowest BCUT2D eigenvalue weighted by atomic mass is 9.77. The van der Waals surface area contributed by atoms with Crippen LogP contribution in [0.5, 0.6) is 11.5 Å². The van der Waals surface area contributed by atoms with Crippen LogP contribution in [0, 0.1) is 12.8 Å². The molecule has 2 aliphatic carbocycles. The summed E-state index contributed by atoms with van der Waals surface area (Å²) in [5.74, 6) is 3.13. The number of aliphatic hydroxyl groups excluding tert-OH is 1. The van der Waals surface area contributed by atoms with Crippen LogP contribution >= 0.6 is 7.37 Å². The number of benzene rings is 2. The summed E-state index contributed by atoms with van der Waals surface area (Å²) in [4.78, 5) is 14.4. The van der Waals surface area contributed by atoms with Crippen LogP contribution in [0.4, 0.5) is 0 Å². The minimum absolute atomic E-state index is 0.159. The predicted octanol–water partition coefficient (Wildman–Crippen LogP) is 7.23. The van der Waals surface area contributed by atoms with Crippen molar-refractivity contribution < 1.29 is 24.0 Å². The molecular formula is C32H40NO5P. The number of pyridine rings is 1. The summed E-state index contributed by atoms with van der Waals surface area (Å²) in [6.07, 6.45) is 5.69. The van der Waals surface area contributed by atoms with Crippen LogP contribution < -0.4 is 9.47 Å². The first-order chi connectivity index (χ1) is 18.7. The molecular weight excluding hydrogens is 509 g/mol. The summed E-state index contributed by atoms with van der Waals surface area (Å²) < 4.78 is 23.4. The maximum atomic E-state index is 11.7. The zero-order valence-electron chi connectivity index (χ0n) is 23.2. The van der Waals surface area contributed by atoms with Gasteiger partial charge in [-0.2, -0.15) is 0 Å². The Bertz CT molecular complexity index is 1340. The van der Waals surface area contributed by atoms with Gasteiger partial charge in [-0.15, -0.1) is 0 Å². The van der Waals surface area contributed by atoms with E-state index in [0.717, 1.165) is 37.1 Å². The van der Waals surface area contributed by atoms with Crippen molar-refractivity contribution in [3.8, 4) is 22.6 Å². The van der Waals surface area contributed by atoms with E-state index in [0.29, 0.717) is 35.7 Å². The van der Waals surface area contributed by atoms with Crippen LogP contribution in [0.15, 0.2) is 54.6 Å². The molecule has 0 spiro atoms. The molecule has 39 heavy (non-hydrogen) atoms. The van der Waals surface area contributed by atoms with Crippen molar-refractivity contribution in [1.29, 1.82) is 0 Å². The molecule has 2 aromatic carbocycles. The summed E-state index contributed by atoms with van der Waals surface area (Å²) in [6, 6.07) is 18.2. The maximum Gasteiger partial charge on any atom is 0.200 e. The van der Waals surface area contributed by atoms with Gasteiger partial charge in [0.25, 0.3) is 0 Å². The molecule has 0 aliphatic heterocycles. The highest BCUT2D eigenvalue weighted by molar-refractivity contribution is 7.57. The molecule has 2 saturated carbocycles. The lowest BCUT2D eigenvalue weighted by molar-refractivity contribution is 0.192. The van der Waals surface area contributed by atoms with E-state index in [1.807, 2.05) is 12.1 Å². The predicted molar refractivity (Wildman–Crippen MR) is 155 cm³/mol. The van der Waals surface area contributed by atoms with Gasteiger partial charge in [0.2, 0.25) is 7.37 Å². The third-order valence-corrected chi connectivity index (χ3v) is 9.09. The molecule has 7 heteroatoms. The highest BCUT2D eigenvalue weighted by Crippen LogP contribution is 2.44. The Balaban J connectivity index is 1.24. The van der Waals surface area contributed by atoms with Crippen molar-refractivity contribution in [3.63, 3.8) is 0 Å². The second-order valence-electron chi connectivity index (χ2n) is 11.5. The largest absolute Gasteiger partial charge is 0.497 e. The van der Waals surface area contributed by atoms with Crippen LogP contribution in [-0.4, -0.2) is 41.5 Å². The molecule has 6 nitrogen and oxygen atoms in total. The number of rotatable bonds is 10. The van der Waals surface area contributed by atoms with Crippen LogP contribution in [0.2, 0.25) is 0 Å². The van der Waals surface area contributed by atoms with Crippen molar-refractivity contribution in [1.82, 2.24) is 4.98 Å². The molecule has 208 valence electrons. The average molecular weight is 550 g/mol. The fourth-order valence-electron chi connectivity index (χ4n) is 5.80. The maximum absolute atomic E-state index is 11.7. The molecule has 0 amide bonds. The fourth-order valence-corrected chi connectivity index (χ4v) is 6.65. The molecule has 1 aromatic heterocycles. The Morgan fingerprint density at radius 3 is 2.41 bits per heavy atom. The summed E-state index contributed by atoms with van der Waals surface area (Å²) in [5.41, 5.74) is 6.82. The number of aliphatic hydroxyl groups is 1. The average Bonchev–Trinajstić information content (AvgIpc) is 3.77. The summed E-state index contributed by atoms with van der Waals surface area (Å²) >= 11 is 0. The van der Waals surface area contributed by atoms with Crippen LogP contribution in [0.3, 0.4) is 0 Å². The summed E-state index contributed by atoms with van der Waals surface area (Å²) in [7, 11) is -1.58. The van der Waals surface area contributed by atoms with Gasteiger partial charge >= 0.3 is 0 Å². The van der Waals surface area contributed by atoms with E-state index >= 15 is 0 Å². The smallest absolute Gasteiger partial charge is 0.200 e. The number of aryl methyl sites for hydroxylation is 1. The van der Waals surface area contributed by atoms with Gasteiger partial charge in [-0.05, 0) is 116 Å². The zero-order valence-corrected chi connectivity index (χ0v) is 24.1. The SMILES string of the molecule is COc1ccc(-c2cc(C)nc(C3CC3)c2)c(C2CCC(COc3cccc([C@H](O)CP(C)(=O)O)c3)CC2)c1. The van der Waals surface area contributed by atoms with Gasteiger partial charge in [-0.25, -0.2) is 0 Å². The number of nitrogens with zero attached hydrogens (tertiary/aromatic N) is 1. The van der Waals surface area contributed by atoms with Crippen LogP contribution in [0.25, 0.3) is 11.1 Å². The van der Waals surface area contributed by atoms with Gasteiger partial charge in [0.05, 0.1) is 26.0 Å². The zero-order chi connectivity index (χ0) is 27.6. The molecule has 1 heterocycles. The third kappa shape index (κ3) is 7.30. The Hall–Kier alpha value is -2.66. The van der Waals surface area contributed by atoms with E-state index in [4.69, 9.17) is 14.5 Å². The van der Waals surface area contributed by atoms with Crippen molar-refractivity contribution in [3.05, 3.63) is 77.1 Å². The van der Waals surface area contributed by atoms with Crippen LogP contribution in [-0.2, 0) is 4.57 Å². The first-order valence-corrected chi connectivity index (χ1v) is 16.3. The lowest BCUT2D eigenvalue weighted by Gasteiger charge is -2.30. The van der Waals surface area contributed by atoms with Crippen LogP contribution in [0.1, 0.15) is 79.0 Å². The van der Waals surface area contributed by atoms with E-state index in [1.54, 1.807) is 19.2 Å². The fraction of sp³-hybridized carbons (Fsp3) is 0.469. The van der Waals surface area contributed by atoms with Gasteiger partial charge < -0.3 is 19.5 Å². The van der Waals surface area contributed by atoms with Gasteiger partial charge in [-0.3, -0.25) is 9.55 Å². The van der Waals surface area contributed by atoms with Crippen molar-refractivity contribution in [2.75, 3.05) is 26.5 Å². The normalized spacial score (nSPS) is 21.7. The topological polar surface area (TPSA) is 88.9 Å². The van der Waals surface area contributed by atoms with Crippen molar-refractivity contribution in [2.45, 2.75) is 63.4 Å². The summed E-state index contributed by atoms with van der Waals surface area (Å²) in [6.45, 7) is 3.98. The summed E-state index contributed by atoms with van der Waals surface area (Å²) in [5, 5.41) is 10.3. The third-order valence-electron chi connectivity index (χ3n) is 8.07. The monoisotopic (exact) mass is 549 g/mol. The minimum atomic E-state index is -3.31. The number of methoxy groups -OCH3 is 1. The number of hydrogen-bond acceptors (Lipinski definition) is 5. The number of hydrogen-bond donors (Lipinski definition) is 2. The molecule has 5 rings (SSSR count). The Labute approximate surface area is 231 Å². The van der Waals surface area contributed by atoms with Gasteiger partial charge in [0.15, 0.2) is 0 Å². The first kappa shape index (κ1) is 27.9. The Morgan fingerprint density at radius 2 is 1.72 bits per heavy atom. The highest BCUT2D eigenvalue weighted by Gasteiger charge is 2.28. The minimum Gasteiger partial charge on any atom is -0.497 e. The quantitative estimate of drug-likeness (QED) is 0.259. The van der Waals surface area contributed by atoms with E-state index in [9.17, 15) is 14.6 Å². The Kier molecular flexibility index (Phi) is 8.46. The van der Waals surface area contributed by atoms with E-state index in [2.05, 4.69) is 37.3 Å². The number of ether oxygens (including phenoxy) is 2. The van der Waals surface area contributed by atoms with Crippen molar-refractivity contribution >= 4 is 7.37 Å². The molecule has 1 unspecified atom stereocenters. The molecule has 2 fully saturated rings. The van der Waals surface area contributed by atoms with Gasteiger partial charge in [0, 0.05) is 24.0 Å².